The summed E-state index contributed by atoms with van der Waals surface area (Å²) in [5, 5.41) is 17.0. The number of ether oxygens (including phenoxy) is 1. The first-order valence-corrected chi connectivity index (χ1v) is 12.3. The van der Waals surface area contributed by atoms with Gasteiger partial charge in [-0.15, -0.1) is 0 Å². The van der Waals surface area contributed by atoms with Crippen LogP contribution in [0.1, 0.15) is 12.0 Å². The van der Waals surface area contributed by atoms with E-state index in [4.69, 9.17) is 4.74 Å². The van der Waals surface area contributed by atoms with E-state index in [0.29, 0.717) is 36.4 Å². The maximum atomic E-state index is 12.7. The number of sulfonamides is 1. The highest BCUT2D eigenvalue weighted by atomic mass is 32.2. The van der Waals surface area contributed by atoms with Crippen molar-refractivity contribution >= 4 is 22.0 Å². The summed E-state index contributed by atoms with van der Waals surface area (Å²) in [6, 6.07) is 17.7. The van der Waals surface area contributed by atoms with Gasteiger partial charge in [0.25, 0.3) is 5.91 Å². The second-order valence-corrected chi connectivity index (χ2v) is 9.95. The van der Waals surface area contributed by atoms with Crippen LogP contribution in [0.3, 0.4) is 0 Å². The number of aromatic nitrogens is 2. The van der Waals surface area contributed by atoms with Gasteiger partial charge in [-0.1, -0.05) is 30.3 Å². The van der Waals surface area contributed by atoms with E-state index >= 15 is 0 Å². The summed E-state index contributed by atoms with van der Waals surface area (Å²) in [6.45, 7) is 0.859. The summed E-state index contributed by atoms with van der Waals surface area (Å²) in [4.78, 5) is 12.7. The zero-order valence-corrected chi connectivity index (χ0v) is 20.6. The van der Waals surface area contributed by atoms with Crippen LogP contribution in [0.4, 0.5) is 0 Å². The highest BCUT2D eigenvalue weighted by Crippen LogP contribution is 2.28. The Balaban J connectivity index is 2.08. The van der Waals surface area contributed by atoms with Gasteiger partial charge in [0, 0.05) is 51.7 Å². The molecule has 10 heteroatoms. The monoisotopic (exact) mass is 493 g/mol. The zero-order chi connectivity index (χ0) is 25.4. The molecule has 0 aliphatic carbocycles. The van der Waals surface area contributed by atoms with Crippen molar-refractivity contribution in [2.24, 2.45) is 0 Å². The Hall–Kier alpha value is -3.78. The minimum atomic E-state index is -3.67. The van der Waals surface area contributed by atoms with E-state index in [1.807, 2.05) is 36.4 Å². The van der Waals surface area contributed by atoms with E-state index in [1.165, 1.54) is 32.3 Å². The van der Waals surface area contributed by atoms with Crippen LogP contribution >= 0.6 is 0 Å². The average molecular weight is 494 g/mol. The highest BCUT2D eigenvalue weighted by Gasteiger charge is 2.20. The first-order chi connectivity index (χ1) is 16.8. The molecule has 0 aliphatic rings. The van der Waals surface area contributed by atoms with Crippen molar-refractivity contribution < 1.29 is 17.9 Å². The molecule has 0 bridgehead atoms. The molecule has 0 fully saturated rings. The number of nitrogens with zero attached hydrogens (tertiary/aromatic N) is 4. The molecular formula is C25H27N5O4S. The topological polar surface area (TPSA) is 117 Å². The third kappa shape index (κ3) is 6.22. The molecule has 1 heterocycles. The second-order valence-electron chi connectivity index (χ2n) is 7.80. The summed E-state index contributed by atoms with van der Waals surface area (Å²) in [6.07, 6.45) is 3.78. The quantitative estimate of drug-likeness (QED) is 0.264. The van der Waals surface area contributed by atoms with Crippen LogP contribution in [0.5, 0.6) is 0 Å². The Morgan fingerprint density at radius 2 is 1.94 bits per heavy atom. The van der Waals surface area contributed by atoms with E-state index in [1.54, 1.807) is 30.1 Å². The van der Waals surface area contributed by atoms with Crippen LogP contribution in [0.2, 0.25) is 0 Å². The van der Waals surface area contributed by atoms with E-state index in [9.17, 15) is 18.5 Å². The second kappa shape index (κ2) is 11.6. The number of carbonyl (C=O) groups excluding carboxylic acids is 1. The molecule has 9 nitrogen and oxygen atoms in total. The van der Waals surface area contributed by atoms with Gasteiger partial charge < -0.3 is 10.1 Å². The predicted octanol–water partition coefficient (Wildman–Crippen LogP) is 2.85. The average Bonchev–Trinajstić information content (AvgIpc) is 3.29. The van der Waals surface area contributed by atoms with Crippen LogP contribution < -0.4 is 5.32 Å². The molecule has 0 saturated carbocycles. The number of nitrogens with one attached hydrogen (secondary N) is 1. The number of rotatable bonds is 10. The van der Waals surface area contributed by atoms with Crippen LogP contribution in [-0.2, 0) is 19.6 Å². The number of amides is 1. The van der Waals surface area contributed by atoms with Crippen molar-refractivity contribution in [3.8, 4) is 23.0 Å². The van der Waals surface area contributed by atoms with E-state index < -0.39 is 15.9 Å². The van der Waals surface area contributed by atoms with Crippen molar-refractivity contribution in [2.45, 2.75) is 11.3 Å². The number of hydrogen-bond donors (Lipinski definition) is 1. The first-order valence-electron chi connectivity index (χ1n) is 10.8. The largest absolute Gasteiger partial charge is 0.385 e. The van der Waals surface area contributed by atoms with E-state index in [-0.39, 0.29) is 10.5 Å². The molecule has 0 aliphatic heterocycles. The summed E-state index contributed by atoms with van der Waals surface area (Å²) >= 11 is 0. The first kappa shape index (κ1) is 25.8. The van der Waals surface area contributed by atoms with Crippen molar-refractivity contribution in [3.63, 3.8) is 0 Å². The number of methoxy groups -OCH3 is 1. The molecule has 35 heavy (non-hydrogen) atoms. The van der Waals surface area contributed by atoms with Crippen LogP contribution in [0.25, 0.3) is 23.0 Å². The molecule has 0 atom stereocenters. The van der Waals surface area contributed by atoms with Gasteiger partial charge in [0.05, 0.1) is 10.6 Å². The molecule has 1 N–H and O–H groups in total. The Kier molecular flexibility index (Phi) is 8.54. The Morgan fingerprint density at radius 1 is 1.20 bits per heavy atom. The molecular weight excluding hydrogens is 466 g/mol. The van der Waals surface area contributed by atoms with Gasteiger partial charge >= 0.3 is 0 Å². The van der Waals surface area contributed by atoms with Gasteiger partial charge in [-0.3, -0.25) is 4.79 Å². The Morgan fingerprint density at radius 3 is 2.60 bits per heavy atom. The molecule has 2 aromatic carbocycles. The lowest BCUT2D eigenvalue weighted by Crippen LogP contribution is -2.26. The fourth-order valence-corrected chi connectivity index (χ4v) is 4.21. The third-order valence-corrected chi connectivity index (χ3v) is 6.94. The molecule has 0 unspecified atom stereocenters. The fourth-order valence-electron chi connectivity index (χ4n) is 3.26. The number of para-hydroxylation sites is 1. The molecule has 1 amide bonds. The van der Waals surface area contributed by atoms with Crippen molar-refractivity contribution in [1.29, 1.82) is 5.26 Å². The summed E-state index contributed by atoms with van der Waals surface area (Å²) < 4.78 is 33.1. The number of nitriles is 1. The van der Waals surface area contributed by atoms with Crippen LogP contribution in [-0.4, -0.2) is 62.8 Å². The van der Waals surface area contributed by atoms with Gasteiger partial charge in [0.2, 0.25) is 10.0 Å². The molecule has 3 rings (SSSR count). The number of hydrogen-bond acceptors (Lipinski definition) is 6. The Bertz CT molecular complexity index is 1360. The Labute approximate surface area is 205 Å². The minimum Gasteiger partial charge on any atom is -0.385 e. The maximum absolute atomic E-state index is 12.7. The molecule has 1 aromatic heterocycles. The minimum absolute atomic E-state index is 0.0895. The van der Waals surface area contributed by atoms with Gasteiger partial charge in [-0.2, -0.15) is 10.4 Å². The molecule has 0 saturated heterocycles. The molecule has 182 valence electrons. The molecule has 0 radical (unpaired) electrons. The van der Waals surface area contributed by atoms with Crippen LogP contribution in [0, 0.1) is 11.3 Å². The lowest BCUT2D eigenvalue weighted by Gasteiger charge is -2.12. The van der Waals surface area contributed by atoms with Crippen molar-refractivity contribution in [3.05, 3.63) is 71.9 Å². The highest BCUT2D eigenvalue weighted by molar-refractivity contribution is 7.89. The standard InChI is InChI=1S/C25H27N5O4S/c1-29(2)35(32,33)23-12-7-9-19(16-23)24-21(18-30(28-24)22-10-5-4-6-11-22)15-20(17-26)25(31)27-13-8-14-34-3/h4-7,9-12,15-16,18H,8,13-14H2,1-3H3,(H,27,31)/b20-15+. The van der Waals surface area contributed by atoms with Gasteiger partial charge in [-0.25, -0.2) is 17.4 Å². The lowest BCUT2D eigenvalue weighted by molar-refractivity contribution is -0.117. The maximum Gasteiger partial charge on any atom is 0.261 e. The summed E-state index contributed by atoms with van der Waals surface area (Å²) in [5.41, 5.74) is 2.15. The summed E-state index contributed by atoms with van der Waals surface area (Å²) in [5.74, 6) is -0.508. The molecule has 0 spiro atoms. The normalized spacial score (nSPS) is 11.9. The van der Waals surface area contributed by atoms with Crippen molar-refractivity contribution in [1.82, 2.24) is 19.4 Å². The number of carbonyl (C=O) groups is 1. The van der Waals surface area contributed by atoms with E-state index in [0.717, 1.165) is 9.99 Å². The smallest absolute Gasteiger partial charge is 0.261 e. The van der Waals surface area contributed by atoms with Crippen molar-refractivity contribution in [2.75, 3.05) is 34.4 Å². The predicted molar refractivity (Wildman–Crippen MR) is 133 cm³/mol. The van der Waals surface area contributed by atoms with Crippen LogP contribution in [0.15, 0.2) is 71.3 Å². The van der Waals surface area contributed by atoms with Gasteiger partial charge in [0.1, 0.15) is 17.3 Å². The summed E-state index contributed by atoms with van der Waals surface area (Å²) in [7, 11) is 0.837. The van der Waals surface area contributed by atoms with Gasteiger partial charge in [-0.05, 0) is 36.8 Å². The molecule has 3 aromatic rings. The lowest BCUT2D eigenvalue weighted by atomic mass is 10.1. The third-order valence-electron chi connectivity index (χ3n) is 5.13. The number of benzene rings is 2. The van der Waals surface area contributed by atoms with E-state index in [2.05, 4.69) is 10.4 Å². The fraction of sp³-hybridized carbons (Fsp3) is 0.240. The SMILES string of the molecule is COCCCNC(=O)/C(C#N)=C/c1cn(-c2ccccc2)nc1-c1cccc(S(=O)(=O)N(C)C)c1. The van der Waals surface area contributed by atoms with Gasteiger partial charge in [0.15, 0.2) is 0 Å². The zero-order valence-electron chi connectivity index (χ0n) is 19.8.